The maximum atomic E-state index is 10.7. The van der Waals surface area contributed by atoms with Gasteiger partial charge in [-0.25, -0.2) is 0 Å². The molecule has 0 aliphatic rings. The van der Waals surface area contributed by atoms with E-state index in [1.54, 1.807) is 12.1 Å². The monoisotopic (exact) mass is 378 g/mol. The predicted molar refractivity (Wildman–Crippen MR) is 99.1 cm³/mol. The number of hydrogen-bond acceptors (Lipinski definition) is 8. The van der Waals surface area contributed by atoms with E-state index in [0.29, 0.717) is 23.8 Å². The molecule has 9 heteroatoms. The number of benzene rings is 1. The predicted octanol–water partition coefficient (Wildman–Crippen LogP) is 2.72. The highest BCUT2D eigenvalue weighted by Crippen LogP contribution is 2.24. The van der Waals surface area contributed by atoms with Crippen molar-refractivity contribution in [3.8, 4) is 11.4 Å². The molecule has 9 nitrogen and oxygen atoms in total. The topological polar surface area (TPSA) is 124 Å². The first-order valence-electron chi connectivity index (χ1n) is 8.89. The fourth-order valence-corrected chi connectivity index (χ4v) is 2.44. The number of aliphatic hydroxyl groups is 1. The fraction of sp³-hybridized carbons (Fsp3) is 0.556. The van der Waals surface area contributed by atoms with Crippen LogP contribution >= 0.6 is 0 Å². The van der Waals surface area contributed by atoms with Gasteiger partial charge in [0.05, 0.1) is 29.8 Å². The molecule has 0 fully saturated rings. The molecule has 0 saturated heterocycles. The lowest BCUT2D eigenvalue weighted by Crippen LogP contribution is -2.35. The molecule has 1 heterocycles. The van der Waals surface area contributed by atoms with Crippen molar-refractivity contribution in [2.45, 2.75) is 45.9 Å². The fourth-order valence-electron chi connectivity index (χ4n) is 2.44. The van der Waals surface area contributed by atoms with Crippen LogP contribution in [0.3, 0.4) is 0 Å². The second-order valence-electron chi connectivity index (χ2n) is 6.93. The van der Waals surface area contributed by atoms with Crippen molar-refractivity contribution in [1.29, 1.82) is 0 Å². The van der Waals surface area contributed by atoms with Crippen molar-refractivity contribution in [1.82, 2.24) is 15.5 Å². The van der Waals surface area contributed by atoms with Gasteiger partial charge >= 0.3 is 0 Å². The van der Waals surface area contributed by atoms with E-state index in [4.69, 9.17) is 9.26 Å². The molecule has 1 aromatic heterocycles. The molecular formula is C18H26N4O5. The molecule has 0 bridgehead atoms. The van der Waals surface area contributed by atoms with E-state index in [0.717, 1.165) is 0 Å². The first-order chi connectivity index (χ1) is 12.8. The number of aliphatic hydroxyl groups excluding tert-OH is 1. The normalized spacial score (nSPS) is 13.9. The van der Waals surface area contributed by atoms with E-state index in [9.17, 15) is 15.2 Å². The Bertz CT molecular complexity index is 730. The van der Waals surface area contributed by atoms with Crippen molar-refractivity contribution in [2.24, 2.45) is 5.92 Å². The van der Waals surface area contributed by atoms with Gasteiger partial charge in [-0.2, -0.15) is 4.98 Å². The first-order valence-corrected chi connectivity index (χ1v) is 8.89. The molecule has 0 amide bonds. The summed E-state index contributed by atoms with van der Waals surface area (Å²) in [7, 11) is 0. The molecular weight excluding hydrogens is 352 g/mol. The zero-order valence-electron chi connectivity index (χ0n) is 16.0. The Kier molecular flexibility index (Phi) is 7.40. The second kappa shape index (κ2) is 9.54. The van der Waals surface area contributed by atoms with Crippen LogP contribution in [0, 0.1) is 16.0 Å². The number of nitro benzene ring substituents is 1. The molecule has 1 aromatic carbocycles. The van der Waals surface area contributed by atoms with Crippen LogP contribution < -0.4 is 5.32 Å². The van der Waals surface area contributed by atoms with Crippen molar-refractivity contribution < 1.29 is 19.3 Å². The summed E-state index contributed by atoms with van der Waals surface area (Å²) in [5.41, 5.74) is 0.630. The molecule has 0 unspecified atom stereocenters. The molecule has 2 aromatic rings. The number of aromatic nitrogens is 2. The van der Waals surface area contributed by atoms with Crippen LogP contribution in [0.1, 0.15) is 39.6 Å². The highest BCUT2D eigenvalue weighted by molar-refractivity contribution is 5.56. The maximum Gasteiger partial charge on any atom is 0.269 e. The summed E-state index contributed by atoms with van der Waals surface area (Å²) >= 11 is 0. The number of rotatable bonds is 10. The van der Waals surface area contributed by atoms with Crippen LogP contribution in [0.25, 0.3) is 11.4 Å². The van der Waals surface area contributed by atoms with E-state index in [-0.39, 0.29) is 30.4 Å². The van der Waals surface area contributed by atoms with Gasteiger partial charge in [-0.3, -0.25) is 10.1 Å². The highest BCUT2D eigenvalue weighted by atomic mass is 16.6. The van der Waals surface area contributed by atoms with E-state index >= 15 is 0 Å². The van der Waals surface area contributed by atoms with Gasteiger partial charge in [0, 0.05) is 24.2 Å². The Balaban J connectivity index is 2.05. The Labute approximate surface area is 157 Å². The number of non-ortho nitro benzene ring substituents is 1. The molecule has 0 radical (unpaired) electrons. The summed E-state index contributed by atoms with van der Waals surface area (Å²) in [6.07, 6.45) is -0.591. The highest BCUT2D eigenvalue weighted by Gasteiger charge is 2.23. The quantitative estimate of drug-likeness (QED) is 0.478. The number of nitrogens with one attached hydrogen (secondary N) is 1. The standard InChI is InChI=1S/C18H26N4O5/c1-11(2)16(19-9-15(23)10-26-12(3)4)18-20-17(21-27-18)13-5-7-14(8-6-13)22(24)25/h5-8,11-12,15-16,19,23H,9-10H2,1-4H3/t15-,16+/m1/s1. The Morgan fingerprint density at radius 2 is 1.93 bits per heavy atom. The molecule has 2 N–H and O–H groups in total. The van der Waals surface area contributed by atoms with Crippen LogP contribution in [-0.2, 0) is 4.74 Å². The third kappa shape index (κ3) is 6.09. The number of nitrogens with zero attached hydrogens (tertiary/aromatic N) is 3. The van der Waals surface area contributed by atoms with Crippen LogP contribution in [0.5, 0.6) is 0 Å². The Hall–Kier alpha value is -2.36. The van der Waals surface area contributed by atoms with E-state index in [1.165, 1.54) is 12.1 Å². The van der Waals surface area contributed by atoms with Crippen LogP contribution in [0.4, 0.5) is 5.69 Å². The summed E-state index contributed by atoms with van der Waals surface area (Å²) in [4.78, 5) is 14.7. The molecule has 148 valence electrons. The summed E-state index contributed by atoms with van der Waals surface area (Å²) in [5, 5.41) is 28.0. The Morgan fingerprint density at radius 1 is 1.26 bits per heavy atom. The van der Waals surface area contributed by atoms with Gasteiger partial charge in [-0.15, -0.1) is 0 Å². The number of nitro groups is 1. The molecule has 0 aliphatic heterocycles. The van der Waals surface area contributed by atoms with Crippen LogP contribution in [0.15, 0.2) is 28.8 Å². The lowest BCUT2D eigenvalue weighted by atomic mass is 10.0. The summed E-state index contributed by atoms with van der Waals surface area (Å²) in [6, 6.07) is 5.72. The Morgan fingerprint density at radius 3 is 2.48 bits per heavy atom. The average molecular weight is 378 g/mol. The van der Waals surface area contributed by atoms with Crippen molar-refractivity contribution in [3.05, 3.63) is 40.3 Å². The maximum absolute atomic E-state index is 10.7. The van der Waals surface area contributed by atoms with Gasteiger partial charge in [-0.1, -0.05) is 19.0 Å². The van der Waals surface area contributed by atoms with Gasteiger partial charge < -0.3 is 19.7 Å². The summed E-state index contributed by atoms with van der Waals surface area (Å²) in [5.74, 6) is 0.903. The summed E-state index contributed by atoms with van der Waals surface area (Å²) < 4.78 is 10.8. The molecule has 0 spiro atoms. The zero-order chi connectivity index (χ0) is 20.0. The van der Waals surface area contributed by atoms with Crippen molar-refractivity contribution >= 4 is 5.69 Å². The average Bonchev–Trinajstić information content (AvgIpc) is 3.09. The lowest BCUT2D eigenvalue weighted by Gasteiger charge is -2.21. The van der Waals surface area contributed by atoms with E-state index < -0.39 is 11.0 Å². The minimum absolute atomic E-state index is 0.00166. The lowest BCUT2D eigenvalue weighted by molar-refractivity contribution is -0.384. The zero-order valence-corrected chi connectivity index (χ0v) is 16.0. The smallest absolute Gasteiger partial charge is 0.269 e. The van der Waals surface area contributed by atoms with Gasteiger partial charge in [0.2, 0.25) is 11.7 Å². The van der Waals surface area contributed by atoms with E-state index in [2.05, 4.69) is 15.5 Å². The largest absolute Gasteiger partial charge is 0.389 e. The molecule has 27 heavy (non-hydrogen) atoms. The molecule has 2 rings (SSSR count). The minimum Gasteiger partial charge on any atom is -0.389 e. The second-order valence-corrected chi connectivity index (χ2v) is 6.93. The third-order valence-electron chi connectivity index (χ3n) is 3.91. The molecule has 0 aliphatic carbocycles. The van der Waals surface area contributed by atoms with Gasteiger partial charge in [0.1, 0.15) is 0 Å². The third-order valence-corrected chi connectivity index (χ3v) is 3.91. The molecule has 0 saturated carbocycles. The van der Waals surface area contributed by atoms with Crippen molar-refractivity contribution in [2.75, 3.05) is 13.2 Å². The van der Waals surface area contributed by atoms with Crippen LogP contribution in [0.2, 0.25) is 0 Å². The van der Waals surface area contributed by atoms with E-state index in [1.807, 2.05) is 27.7 Å². The number of hydrogen-bond donors (Lipinski definition) is 2. The number of ether oxygens (including phenoxy) is 1. The van der Waals surface area contributed by atoms with Gasteiger partial charge in [-0.05, 0) is 31.9 Å². The first kappa shape index (κ1) is 20.9. The molecule has 2 atom stereocenters. The minimum atomic E-state index is -0.647. The van der Waals surface area contributed by atoms with Crippen molar-refractivity contribution in [3.63, 3.8) is 0 Å². The van der Waals surface area contributed by atoms with Crippen LogP contribution in [-0.4, -0.2) is 45.5 Å². The summed E-state index contributed by atoms with van der Waals surface area (Å²) in [6.45, 7) is 8.40. The SMILES string of the molecule is CC(C)OC[C@H](O)CN[C@H](c1nc(-c2ccc([N+](=O)[O-])cc2)no1)C(C)C. The van der Waals surface area contributed by atoms with Gasteiger partial charge in [0.25, 0.3) is 5.69 Å². The van der Waals surface area contributed by atoms with Gasteiger partial charge in [0.15, 0.2) is 0 Å².